The van der Waals surface area contributed by atoms with Crippen LogP contribution in [-0.4, -0.2) is 35.6 Å². The maximum absolute atomic E-state index is 11.6. The Labute approximate surface area is 111 Å². The number of amides is 3. The Morgan fingerprint density at radius 3 is 2.42 bits per heavy atom. The zero-order valence-electron chi connectivity index (χ0n) is 11.1. The molecule has 1 aliphatic carbocycles. The molecule has 1 rings (SSSR count). The molecule has 0 aromatic heterocycles. The fourth-order valence-corrected chi connectivity index (χ4v) is 2.00. The van der Waals surface area contributed by atoms with Gasteiger partial charge < -0.3 is 21.5 Å². The Morgan fingerprint density at radius 1 is 1.37 bits per heavy atom. The molecule has 108 valence electrons. The van der Waals surface area contributed by atoms with E-state index in [2.05, 4.69) is 17.6 Å². The SMILES string of the molecule is CC1(CNC(=O)NC(CCC(N)=O)C(=O)O)CCC1. The Balaban J connectivity index is 2.33. The van der Waals surface area contributed by atoms with E-state index in [4.69, 9.17) is 10.8 Å². The highest BCUT2D eigenvalue weighted by atomic mass is 16.4. The van der Waals surface area contributed by atoms with Crippen LogP contribution >= 0.6 is 0 Å². The van der Waals surface area contributed by atoms with E-state index >= 15 is 0 Å². The standard InChI is InChI=1S/C12H21N3O4/c1-12(5-2-6-12)7-14-11(19)15-8(10(17)18)3-4-9(13)16/h8H,2-7H2,1H3,(H2,13,16)(H,17,18)(H2,14,15,19). The summed E-state index contributed by atoms with van der Waals surface area (Å²) in [5, 5.41) is 13.9. The van der Waals surface area contributed by atoms with Crippen molar-refractivity contribution >= 4 is 17.9 Å². The van der Waals surface area contributed by atoms with Gasteiger partial charge in [0, 0.05) is 13.0 Å². The van der Waals surface area contributed by atoms with E-state index in [1.54, 1.807) is 0 Å². The first-order valence-electron chi connectivity index (χ1n) is 6.38. The second kappa shape index (κ2) is 6.40. The number of nitrogens with two attached hydrogens (primary N) is 1. The summed E-state index contributed by atoms with van der Waals surface area (Å²) in [6, 6.07) is -1.62. The predicted molar refractivity (Wildman–Crippen MR) is 68.3 cm³/mol. The normalized spacial score (nSPS) is 17.9. The Kier molecular flexibility index (Phi) is 5.14. The predicted octanol–water partition coefficient (Wildman–Crippen LogP) is 0.194. The molecule has 0 heterocycles. The fraction of sp³-hybridized carbons (Fsp3) is 0.750. The lowest BCUT2D eigenvalue weighted by Gasteiger charge is -2.38. The van der Waals surface area contributed by atoms with Crippen LogP contribution in [0.15, 0.2) is 0 Å². The molecule has 7 heteroatoms. The van der Waals surface area contributed by atoms with E-state index in [9.17, 15) is 14.4 Å². The van der Waals surface area contributed by atoms with Gasteiger partial charge in [-0.05, 0) is 24.7 Å². The molecule has 0 bridgehead atoms. The van der Waals surface area contributed by atoms with Gasteiger partial charge in [-0.2, -0.15) is 0 Å². The number of nitrogens with one attached hydrogen (secondary N) is 2. The first-order chi connectivity index (χ1) is 8.82. The molecule has 3 amide bonds. The van der Waals surface area contributed by atoms with Crippen LogP contribution in [0.2, 0.25) is 0 Å². The molecule has 1 aliphatic rings. The van der Waals surface area contributed by atoms with Crippen molar-refractivity contribution in [2.45, 2.75) is 45.1 Å². The van der Waals surface area contributed by atoms with Gasteiger partial charge >= 0.3 is 12.0 Å². The molecule has 0 aromatic rings. The summed E-state index contributed by atoms with van der Waals surface area (Å²) in [5.41, 5.74) is 5.08. The second-order valence-electron chi connectivity index (χ2n) is 5.39. The zero-order chi connectivity index (χ0) is 14.5. The minimum atomic E-state index is -1.17. The number of rotatable bonds is 7. The first-order valence-corrected chi connectivity index (χ1v) is 6.38. The van der Waals surface area contributed by atoms with Gasteiger partial charge in [0.15, 0.2) is 0 Å². The van der Waals surface area contributed by atoms with Gasteiger partial charge in [0.05, 0.1) is 0 Å². The van der Waals surface area contributed by atoms with Crippen LogP contribution < -0.4 is 16.4 Å². The van der Waals surface area contributed by atoms with Crippen molar-refractivity contribution in [1.82, 2.24) is 10.6 Å². The Bertz CT molecular complexity index is 366. The van der Waals surface area contributed by atoms with Crippen molar-refractivity contribution < 1.29 is 19.5 Å². The summed E-state index contributed by atoms with van der Waals surface area (Å²) in [6.45, 7) is 2.61. The summed E-state index contributed by atoms with van der Waals surface area (Å²) in [6.07, 6.45) is 3.22. The van der Waals surface area contributed by atoms with Gasteiger partial charge in [-0.25, -0.2) is 9.59 Å². The van der Waals surface area contributed by atoms with Crippen LogP contribution in [0.5, 0.6) is 0 Å². The quantitative estimate of drug-likeness (QED) is 0.528. The number of primary amides is 1. The third kappa shape index (κ3) is 5.15. The highest BCUT2D eigenvalue weighted by Crippen LogP contribution is 2.39. The largest absolute Gasteiger partial charge is 0.480 e. The molecule has 0 aromatic carbocycles. The molecule has 1 atom stereocenters. The summed E-state index contributed by atoms with van der Waals surface area (Å²) in [5.74, 6) is -1.76. The lowest BCUT2D eigenvalue weighted by atomic mass is 9.70. The number of urea groups is 1. The van der Waals surface area contributed by atoms with Crippen LogP contribution in [0.4, 0.5) is 4.79 Å². The summed E-state index contributed by atoms with van der Waals surface area (Å²) in [4.78, 5) is 33.1. The average molecular weight is 271 g/mol. The van der Waals surface area contributed by atoms with Crippen LogP contribution in [0.25, 0.3) is 0 Å². The average Bonchev–Trinajstić information content (AvgIpc) is 2.28. The molecule has 1 unspecified atom stereocenters. The number of carboxylic acids is 1. The molecule has 1 saturated carbocycles. The topological polar surface area (TPSA) is 122 Å². The van der Waals surface area contributed by atoms with Gasteiger partial charge in [-0.1, -0.05) is 13.3 Å². The number of carboxylic acid groups (broad SMARTS) is 1. The molecule has 19 heavy (non-hydrogen) atoms. The van der Waals surface area contributed by atoms with Crippen molar-refractivity contribution in [3.8, 4) is 0 Å². The van der Waals surface area contributed by atoms with Gasteiger partial charge in [-0.15, -0.1) is 0 Å². The van der Waals surface area contributed by atoms with E-state index in [0.29, 0.717) is 6.54 Å². The van der Waals surface area contributed by atoms with Crippen LogP contribution in [0, 0.1) is 5.41 Å². The van der Waals surface area contributed by atoms with E-state index < -0.39 is 23.9 Å². The van der Waals surface area contributed by atoms with E-state index in [0.717, 1.165) is 19.3 Å². The Morgan fingerprint density at radius 2 is 2.00 bits per heavy atom. The molecule has 0 aliphatic heterocycles. The number of aliphatic carboxylic acids is 1. The lowest BCUT2D eigenvalue weighted by molar-refractivity contribution is -0.139. The summed E-state index contributed by atoms with van der Waals surface area (Å²) >= 11 is 0. The van der Waals surface area contributed by atoms with E-state index in [-0.39, 0.29) is 18.3 Å². The van der Waals surface area contributed by atoms with Gasteiger partial charge in [0.1, 0.15) is 6.04 Å². The number of carbonyl (C=O) groups is 3. The molecular formula is C12H21N3O4. The monoisotopic (exact) mass is 271 g/mol. The number of carbonyl (C=O) groups excluding carboxylic acids is 2. The molecule has 7 nitrogen and oxygen atoms in total. The van der Waals surface area contributed by atoms with Crippen LogP contribution in [-0.2, 0) is 9.59 Å². The molecule has 5 N–H and O–H groups in total. The maximum Gasteiger partial charge on any atom is 0.326 e. The highest BCUT2D eigenvalue weighted by molar-refractivity contribution is 5.83. The Hall–Kier alpha value is -1.79. The van der Waals surface area contributed by atoms with Crippen molar-refractivity contribution in [2.24, 2.45) is 11.1 Å². The second-order valence-corrected chi connectivity index (χ2v) is 5.39. The van der Waals surface area contributed by atoms with Gasteiger partial charge in [0.2, 0.25) is 5.91 Å². The summed E-state index contributed by atoms with van der Waals surface area (Å²) in [7, 11) is 0. The molecule has 0 radical (unpaired) electrons. The fourth-order valence-electron chi connectivity index (χ4n) is 2.00. The number of hydrogen-bond acceptors (Lipinski definition) is 3. The van der Waals surface area contributed by atoms with Gasteiger partial charge in [0.25, 0.3) is 0 Å². The van der Waals surface area contributed by atoms with E-state index in [1.807, 2.05) is 0 Å². The molecule has 0 saturated heterocycles. The lowest BCUT2D eigenvalue weighted by Crippen LogP contribution is -2.49. The van der Waals surface area contributed by atoms with Crippen LogP contribution in [0.1, 0.15) is 39.0 Å². The third-order valence-electron chi connectivity index (χ3n) is 3.52. The van der Waals surface area contributed by atoms with Crippen molar-refractivity contribution in [1.29, 1.82) is 0 Å². The van der Waals surface area contributed by atoms with E-state index in [1.165, 1.54) is 0 Å². The zero-order valence-corrected chi connectivity index (χ0v) is 11.1. The minimum absolute atomic E-state index is 0.00461. The number of hydrogen-bond donors (Lipinski definition) is 4. The molecule has 1 fully saturated rings. The first kappa shape index (κ1) is 15.3. The highest BCUT2D eigenvalue weighted by Gasteiger charge is 2.32. The van der Waals surface area contributed by atoms with Gasteiger partial charge in [-0.3, -0.25) is 4.79 Å². The van der Waals surface area contributed by atoms with Crippen LogP contribution in [0.3, 0.4) is 0 Å². The molecule has 0 spiro atoms. The maximum atomic E-state index is 11.6. The van der Waals surface area contributed by atoms with Crippen molar-refractivity contribution in [3.05, 3.63) is 0 Å². The van der Waals surface area contributed by atoms with Crippen molar-refractivity contribution in [3.63, 3.8) is 0 Å². The molecular weight excluding hydrogens is 250 g/mol. The van der Waals surface area contributed by atoms with Crippen molar-refractivity contribution in [2.75, 3.05) is 6.54 Å². The summed E-state index contributed by atoms with van der Waals surface area (Å²) < 4.78 is 0. The third-order valence-corrected chi connectivity index (χ3v) is 3.52. The minimum Gasteiger partial charge on any atom is -0.480 e. The smallest absolute Gasteiger partial charge is 0.326 e.